The lowest BCUT2D eigenvalue weighted by Gasteiger charge is -2.20. The normalized spacial score (nSPS) is 13.0. The third-order valence-electron chi connectivity index (χ3n) is 10.2. The van der Waals surface area contributed by atoms with Gasteiger partial charge in [0.25, 0.3) is 0 Å². The molecule has 0 atom stereocenters. The minimum atomic E-state index is 0.185. The SMILES string of the molecule is Oc1c2cc(c3ccccc13)Cc1cc(c3ccccc3c1O)Cc1cc(c(O)c3ccccc13)Cc1cc(c(O)c3ccccc13)C2. The Balaban J connectivity index is 1.39. The van der Waals surface area contributed by atoms with Crippen LogP contribution in [0.15, 0.2) is 121 Å². The van der Waals surface area contributed by atoms with Crippen molar-refractivity contribution in [2.75, 3.05) is 0 Å². The second-order valence-electron chi connectivity index (χ2n) is 13.1. The van der Waals surface area contributed by atoms with E-state index in [1.165, 1.54) is 0 Å². The third kappa shape index (κ3) is 4.37. The van der Waals surface area contributed by atoms with Crippen molar-refractivity contribution in [1.29, 1.82) is 0 Å². The summed E-state index contributed by atoms with van der Waals surface area (Å²) in [4.78, 5) is 0. The number of phenols is 4. The Morgan fingerprint density at radius 3 is 0.688 bits per heavy atom. The van der Waals surface area contributed by atoms with Crippen LogP contribution in [0.5, 0.6) is 23.0 Å². The zero-order valence-electron chi connectivity index (χ0n) is 26.2. The van der Waals surface area contributed by atoms with E-state index in [2.05, 4.69) is 24.3 Å². The Kier molecular flexibility index (Phi) is 6.34. The number of hydrogen-bond acceptors (Lipinski definition) is 4. The van der Waals surface area contributed by atoms with E-state index in [4.69, 9.17) is 0 Å². The van der Waals surface area contributed by atoms with Crippen LogP contribution in [0.3, 0.4) is 0 Å². The largest absolute Gasteiger partial charge is 0.507 e. The Hall–Kier alpha value is -6.00. The number of hydrogen-bond donors (Lipinski definition) is 4. The van der Waals surface area contributed by atoms with E-state index in [1.54, 1.807) is 0 Å². The van der Waals surface area contributed by atoms with Gasteiger partial charge in [-0.05, 0) is 72.5 Å². The molecule has 232 valence electrons. The molecule has 8 aromatic rings. The molecular weight excluding hydrogens is 592 g/mol. The summed E-state index contributed by atoms with van der Waals surface area (Å²) < 4.78 is 0. The van der Waals surface area contributed by atoms with Gasteiger partial charge in [0.05, 0.1) is 0 Å². The van der Waals surface area contributed by atoms with E-state index < -0.39 is 0 Å². The molecular formula is C44H32O4. The average molecular weight is 625 g/mol. The molecule has 0 radical (unpaired) electrons. The molecule has 8 bridgehead atoms. The first kappa shape index (κ1) is 28.2. The second-order valence-corrected chi connectivity index (χ2v) is 13.1. The summed E-state index contributed by atoms with van der Waals surface area (Å²) in [7, 11) is 0. The number of benzene rings is 8. The zero-order valence-corrected chi connectivity index (χ0v) is 26.2. The molecule has 0 saturated carbocycles. The van der Waals surface area contributed by atoms with Gasteiger partial charge in [-0.15, -0.1) is 0 Å². The summed E-state index contributed by atoms with van der Waals surface area (Å²) in [5.74, 6) is 0.874. The fraction of sp³-hybridized carbons (Fsp3) is 0.0909. The molecule has 0 aromatic heterocycles. The zero-order chi connectivity index (χ0) is 32.5. The number of aromatic hydroxyl groups is 4. The molecule has 0 unspecified atom stereocenters. The fourth-order valence-electron chi connectivity index (χ4n) is 7.94. The van der Waals surface area contributed by atoms with Gasteiger partial charge in [0.1, 0.15) is 23.0 Å². The smallest absolute Gasteiger partial charge is 0.126 e. The highest BCUT2D eigenvalue weighted by atomic mass is 16.3. The molecule has 0 spiro atoms. The summed E-state index contributed by atoms with van der Waals surface area (Å²) in [6.45, 7) is 0. The van der Waals surface area contributed by atoms with Crippen LogP contribution in [0, 0.1) is 0 Å². The van der Waals surface area contributed by atoms with E-state index in [0.717, 1.165) is 76.5 Å². The van der Waals surface area contributed by atoms with Crippen molar-refractivity contribution >= 4 is 43.1 Å². The maximum atomic E-state index is 11.7. The predicted molar refractivity (Wildman–Crippen MR) is 194 cm³/mol. The van der Waals surface area contributed by atoms with Crippen molar-refractivity contribution in [3.8, 4) is 23.0 Å². The standard InChI is InChI=1S/C44H32O4/c45-41-29-18-25(33-9-1-5-13-37(33)41)17-26-19-30(42(46)38-14-6-2-10-34(26)38)21-28-23-32(44(48)40-16-8-4-12-36(28)40)24-31-22-27(20-29)35-11-3-7-15-39(35)43(31)47/h1-16,18-19,22-23,45-48H,17,20-21,24H2. The lowest BCUT2D eigenvalue weighted by atomic mass is 9.86. The summed E-state index contributed by atoms with van der Waals surface area (Å²) in [5.41, 5.74) is 7.15. The summed E-state index contributed by atoms with van der Waals surface area (Å²) in [6.07, 6.45) is 1.81. The monoisotopic (exact) mass is 624 g/mol. The van der Waals surface area contributed by atoms with Crippen LogP contribution in [0.2, 0.25) is 0 Å². The maximum Gasteiger partial charge on any atom is 0.126 e. The molecule has 1 aliphatic rings. The van der Waals surface area contributed by atoms with Crippen LogP contribution in [0.4, 0.5) is 0 Å². The highest BCUT2D eigenvalue weighted by Crippen LogP contribution is 2.42. The molecule has 0 saturated heterocycles. The molecule has 0 aliphatic heterocycles. The van der Waals surface area contributed by atoms with E-state index in [1.807, 2.05) is 97.1 Å². The highest BCUT2D eigenvalue weighted by Gasteiger charge is 2.21. The van der Waals surface area contributed by atoms with Crippen molar-refractivity contribution in [1.82, 2.24) is 0 Å². The molecule has 0 fully saturated rings. The minimum Gasteiger partial charge on any atom is -0.507 e. The number of fused-ring (bicyclic) bond motifs is 16. The summed E-state index contributed by atoms with van der Waals surface area (Å²) >= 11 is 0. The topological polar surface area (TPSA) is 80.9 Å². The Bertz CT molecular complexity index is 2440. The lowest BCUT2D eigenvalue weighted by Crippen LogP contribution is -2.02. The Morgan fingerprint density at radius 1 is 0.250 bits per heavy atom. The molecule has 0 heterocycles. The van der Waals surface area contributed by atoms with E-state index in [-0.39, 0.29) is 23.0 Å². The molecule has 1 aliphatic carbocycles. The van der Waals surface area contributed by atoms with Crippen LogP contribution in [0.25, 0.3) is 43.1 Å². The van der Waals surface area contributed by atoms with Crippen molar-refractivity contribution in [3.63, 3.8) is 0 Å². The minimum absolute atomic E-state index is 0.185. The van der Waals surface area contributed by atoms with Crippen molar-refractivity contribution in [3.05, 3.63) is 166 Å². The summed E-state index contributed by atoms with van der Waals surface area (Å²) in [6, 6.07) is 39.9. The van der Waals surface area contributed by atoms with E-state index >= 15 is 0 Å². The van der Waals surface area contributed by atoms with E-state index in [0.29, 0.717) is 36.8 Å². The second kappa shape index (κ2) is 10.8. The first-order valence-electron chi connectivity index (χ1n) is 16.3. The molecule has 4 nitrogen and oxygen atoms in total. The van der Waals surface area contributed by atoms with Gasteiger partial charge < -0.3 is 20.4 Å². The fourth-order valence-corrected chi connectivity index (χ4v) is 7.94. The first-order chi connectivity index (χ1) is 23.4. The Morgan fingerprint density at radius 2 is 0.438 bits per heavy atom. The van der Waals surface area contributed by atoms with Crippen molar-refractivity contribution in [2.24, 2.45) is 0 Å². The van der Waals surface area contributed by atoms with Gasteiger partial charge in [-0.25, -0.2) is 0 Å². The quantitative estimate of drug-likeness (QED) is 0.135. The van der Waals surface area contributed by atoms with Gasteiger partial charge in [0, 0.05) is 40.8 Å². The third-order valence-corrected chi connectivity index (χ3v) is 10.2. The first-order valence-corrected chi connectivity index (χ1v) is 16.3. The van der Waals surface area contributed by atoms with Gasteiger partial charge in [-0.3, -0.25) is 0 Å². The summed E-state index contributed by atoms with van der Waals surface area (Å²) in [5, 5.41) is 53.6. The molecule has 0 amide bonds. The van der Waals surface area contributed by atoms with Crippen LogP contribution in [-0.4, -0.2) is 20.4 Å². The number of rotatable bonds is 0. The van der Waals surface area contributed by atoms with Gasteiger partial charge in [-0.1, -0.05) is 121 Å². The highest BCUT2D eigenvalue weighted by molar-refractivity contribution is 5.97. The van der Waals surface area contributed by atoms with Gasteiger partial charge in [-0.2, -0.15) is 0 Å². The van der Waals surface area contributed by atoms with E-state index in [9.17, 15) is 20.4 Å². The van der Waals surface area contributed by atoms with Crippen LogP contribution >= 0.6 is 0 Å². The molecule has 9 rings (SSSR count). The lowest BCUT2D eigenvalue weighted by molar-refractivity contribution is 0.469. The van der Waals surface area contributed by atoms with Crippen molar-refractivity contribution in [2.45, 2.75) is 25.7 Å². The molecule has 4 N–H and O–H groups in total. The number of phenolic OH excluding ortho intramolecular Hbond substituents is 4. The maximum absolute atomic E-state index is 11.7. The van der Waals surface area contributed by atoms with Crippen LogP contribution < -0.4 is 0 Å². The van der Waals surface area contributed by atoms with Crippen LogP contribution in [0.1, 0.15) is 44.5 Å². The van der Waals surface area contributed by atoms with Gasteiger partial charge in [0.15, 0.2) is 0 Å². The predicted octanol–water partition coefficient (Wildman–Crippen LogP) is 9.80. The van der Waals surface area contributed by atoms with Crippen molar-refractivity contribution < 1.29 is 20.4 Å². The molecule has 4 heteroatoms. The molecule has 8 aromatic carbocycles. The Labute approximate surface area is 277 Å². The van der Waals surface area contributed by atoms with Crippen LogP contribution in [-0.2, 0) is 25.7 Å². The van der Waals surface area contributed by atoms with Gasteiger partial charge in [0.2, 0.25) is 0 Å². The van der Waals surface area contributed by atoms with Gasteiger partial charge >= 0.3 is 0 Å². The molecule has 48 heavy (non-hydrogen) atoms. The average Bonchev–Trinajstić information content (AvgIpc) is 3.12.